The predicted molar refractivity (Wildman–Crippen MR) is 83.9 cm³/mol. The Bertz CT molecular complexity index is 607. The molecule has 0 saturated carbocycles. The van der Waals surface area contributed by atoms with E-state index in [0.29, 0.717) is 11.4 Å². The van der Waals surface area contributed by atoms with Gasteiger partial charge in [-0.25, -0.2) is 8.42 Å². The van der Waals surface area contributed by atoms with Crippen LogP contribution in [0.1, 0.15) is 36.8 Å². The number of nitrogens with zero attached hydrogens (tertiary/aromatic N) is 1. The van der Waals surface area contributed by atoms with Crippen molar-refractivity contribution in [3.63, 3.8) is 0 Å². The summed E-state index contributed by atoms with van der Waals surface area (Å²) < 4.78 is 26.9. The average Bonchev–Trinajstić information content (AvgIpc) is 2.95. The Morgan fingerprint density at radius 1 is 1.19 bits per heavy atom. The van der Waals surface area contributed by atoms with E-state index < -0.39 is 10.0 Å². The van der Waals surface area contributed by atoms with Crippen molar-refractivity contribution >= 4 is 10.0 Å². The molecule has 1 N–H and O–H groups in total. The number of benzene rings is 1. The molecule has 0 amide bonds. The zero-order valence-corrected chi connectivity index (χ0v) is 13.5. The summed E-state index contributed by atoms with van der Waals surface area (Å²) >= 11 is 0. The van der Waals surface area contributed by atoms with Crippen LogP contribution < -0.4 is 5.32 Å². The van der Waals surface area contributed by atoms with E-state index in [1.54, 1.807) is 13.1 Å². The smallest absolute Gasteiger partial charge is 0.242 e. The number of aryl methyl sites for hydroxylation is 2. The molecule has 1 unspecified atom stereocenters. The third kappa shape index (κ3) is 3.15. The van der Waals surface area contributed by atoms with Gasteiger partial charge in [0.2, 0.25) is 10.0 Å². The van der Waals surface area contributed by atoms with Crippen LogP contribution >= 0.6 is 0 Å². The first-order valence-corrected chi connectivity index (χ1v) is 9.33. The second-order valence-electron chi connectivity index (χ2n) is 6.22. The first-order chi connectivity index (χ1) is 10.1. The Hall–Kier alpha value is -0.910. The third-order valence-electron chi connectivity index (χ3n) is 4.67. The summed E-state index contributed by atoms with van der Waals surface area (Å²) in [6.07, 6.45) is 6.66. The minimum Gasteiger partial charge on any atom is -0.313 e. The fourth-order valence-electron chi connectivity index (χ4n) is 3.38. The summed E-state index contributed by atoms with van der Waals surface area (Å²) in [5.41, 5.74) is 2.52. The Labute approximate surface area is 127 Å². The molecule has 1 aliphatic carbocycles. The lowest BCUT2D eigenvalue weighted by Crippen LogP contribution is -2.44. The molecule has 1 aromatic rings. The summed E-state index contributed by atoms with van der Waals surface area (Å²) in [6, 6.07) is 5.92. The fraction of sp³-hybridized carbons (Fsp3) is 0.625. The third-order valence-corrected chi connectivity index (χ3v) is 6.49. The van der Waals surface area contributed by atoms with Gasteiger partial charge < -0.3 is 5.32 Å². The average molecular weight is 308 g/mol. The van der Waals surface area contributed by atoms with Crippen molar-refractivity contribution in [2.75, 3.05) is 20.1 Å². The van der Waals surface area contributed by atoms with E-state index in [4.69, 9.17) is 0 Å². The van der Waals surface area contributed by atoms with E-state index in [-0.39, 0.29) is 6.04 Å². The number of nitrogens with one attached hydrogen (secondary N) is 1. The first-order valence-electron chi connectivity index (χ1n) is 7.89. The molecule has 0 aromatic heterocycles. The molecule has 1 heterocycles. The quantitative estimate of drug-likeness (QED) is 0.925. The molecular weight excluding hydrogens is 284 g/mol. The lowest BCUT2D eigenvalue weighted by molar-refractivity contribution is 0.337. The number of likely N-dealkylation sites (N-methyl/N-ethyl adjacent to an activating group) is 1. The summed E-state index contributed by atoms with van der Waals surface area (Å²) in [7, 11) is -1.67. The van der Waals surface area contributed by atoms with Gasteiger partial charge in [-0.3, -0.25) is 0 Å². The van der Waals surface area contributed by atoms with Crippen molar-refractivity contribution in [2.24, 2.45) is 0 Å². The van der Waals surface area contributed by atoms with Crippen LogP contribution in [0.2, 0.25) is 0 Å². The van der Waals surface area contributed by atoms with E-state index in [1.165, 1.54) is 28.3 Å². The summed E-state index contributed by atoms with van der Waals surface area (Å²) in [5.74, 6) is 0. The molecule has 0 bridgehead atoms. The summed E-state index contributed by atoms with van der Waals surface area (Å²) in [4.78, 5) is 0.446. The number of piperidine rings is 1. The SMILES string of the molecule is CN(CC1CCCCN1)S(=O)(=O)c1ccc2c(c1)CCC2. The van der Waals surface area contributed by atoms with Gasteiger partial charge in [-0.1, -0.05) is 12.5 Å². The molecule has 1 fully saturated rings. The van der Waals surface area contributed by atoms with E-state index >= 15 is 0 Å². The Kier molecular flexibility index (Phi) is 4.33. The number of rotatable bonds is 4. The zero-order chi connectivity index (χ0) is 14.9. The molecule has 21 heavy (non-hydrogen) atoms. The Morgan fingerprint density at radius 2 is 2.00 bits per heavy atom. The van der Waals surface area contributed by atoms with Gasteiger partial charge in [0, 0.05) is 19.6 Å². The summed E-state index contributed by atoms with van der Waals surface area (Å²) in [5, 5.41) is 3.41. The maximum atomic E-state index is 12.7. The van der Waals surface area contributed by atoms with Gasteiger partial charge in [0.15, 0.2) is 0 Å². The highest BCUT2D eigenvalue weighted by molar-refractivity contribution is 7.89. The van der Waals surface area contributed by atoms with E-state index in [9.17, 15) is 8.42 Å². The fourth-order valence-corrected chi connectivity index (χ4v) is 4.64. The second-order valence-corrected chi connectivity index (χ2v) is 8.26. The van der Waals surface area contributed by atoms with Crippen molar-refractivity contribution in [2.45, 2.75) is 49.5 Å². The van der Waals surface area contributed by atoms with Crippen LogP contribution in [0.3, 0.4) is 0 Å². The Morgan fingerprint density at radius 3 is 2.76 bits per heavy atom. The highest BCUT2D eigenvalue weighted by Crippen LogP contribution is 2.26. The van der Waals surface area contributed by atoms with Crippen molar-refractivity contribution in [3.8, 4) is 0 Å². The van der Waals surface area contributed by atoms with Crippen molar-refractivity contribution < 1.29 is 8.42 Å². The van der Waals surface area contributed by atoms with Gasteiger partial charge in [-0.2, -0.15) is 4.31 Å². The van der Waals surface area contributed by atoms with Crippen molar-refractivity contribution in [1.29, 1.82) is 0 Å². The number of hydrogen-bond donors (Lipinski definition) is 1. The van der Waals surface area contributed by atoms with Gasteiger partial charge in [0.25, 0.3) is 0 Å². The lowest BCUT2D eigenvalue weighted by Gasteiger charge is -2.27. The lowest BCUT2D eigenvalue weighted by atomic mass is 10.1. The minimum absolute atomic E-state index is 0.285. The highest BCUT2D eigenvalue weighted by atomic mass is 32.2. The van der Waals surface area contributed by atoms with Gasteiger partial charge in [-0.05, 0) is 61.9 Å². The predicted octanol–water partition coefficient (Wildman–Crippen LogP) is 1.94. The molecule has 2 aliphatic rings. The topological polar surface area (TPSA) is 49.4 Å². The Balaban J connectivity index is 1.75. The number of sulfonamides is 1. The maximum Gasteiger partial charge on any atom is 0.242 e. The van der Waals surface area contributed by atoms with Crippen LogP contribution in [-0.2, 0) is 22.9 Å². The molecule has 1 aromatic carbocycles. The standard InChI is InChI=1S/C16H24N2O2S/c1-18(12-15-7-2-3-10-17-15)21(19,20)16-9-8-13-5-4-6-14(13)11-16/h8-9,11,15,17H,2-7,10,12H2,1H3. The van der Waals surface area contributed by atoms with Crippen LogP contribution in [0.4, 0.5) is 0 Å². The van der Waals surface area contributed by atoms with E-state index in [0.717, 1.165) is 32.2 Å². The minimum atomic E-state index is -3.37. The van der Waals surface area contributed by atoms with Gasteiger partial charge in [0.05, 0.1) is 4.90 Å². The monoisotopic (exact) mass is 308 g/mol. The molecular formula is C16H24N2O2S. The molecule has 5 heteroatoms. The van der Waals surface area contributed by atoms with Crippen molar-refractivity contribution in [1.82, 2.24) is 9.62 Å². The number of fused-ring (bicyclic) bond motifs is 1. The van der Waals surface area contributed by atoms with Crippen LogP contribution in [-0.4, -0.2) is 38.9 Å². The molecule has 1 saturated heterocycles. The van der Waals surface area contributed by atoms with E-state index in [2.05, 4.69) is 5.32 Å². The van der Waals surface area contributed by atoms with Gasteiger partial charge >= 0.3 is 0 Å². The van der Waals surface area contributed by atoms with Crippen LogP contribution in [0.25, 0.3) is 0 Å². The molecule has 0 radical (unpaired) electrons. The van der Waals surface area contributed by atoms with Crippen LogP contribution in [0.5, 0.6) is 0 Å². The van der Waals surface area contributed by atoms with Crippen LogP contribution in [0.15, 0.2) is 23.1 Å². The molecule has 1 atom stereocenters. The normalized spacial score (nSPS) is 22.5. The molecule has 4 nitrogen and oxygen atoms in total. The first kappa shape index (κ1) is 15.0. The summed E-state index contributed by atoms with van der Waals surface area (Å²) in [6.45, 7) is 1.55. The maximum absolute atomic E-state index is 12.7. The second kappa shape index (κ2) is 6.07. The van der Waals surface area contributed by atoms with Gasteiger partial charge in [-0.15, -0.1) is 0 Å². The van der Waals surface area contributed by atoms with Crippen molar-refractivity contribution in [3.05, 3.63) is 29.3 Å². The molecule has 0 spiro atoms. The molecule has 3 rings (SSSR count). The van der Waals surface area contributed by atoms with Crippen LogP contribution in [0, 0.1) is 0 Å². The molecule has 116 valence electrons. The van der Waals surface area contributed by atoms with Gasteiger partial charge in [0.1, 0.15) is 0 Å². The van der Waals surface area contributed by atoms with E-state index in [1.807, 2.05) is 12.1 Å². The highest BCUT2D eigenvalue weighted by Gasteiger charge is 2.25. The largest absolute Gasteiger partial charge is 0.313 e. The molecule has 1 aliphatic heterocycles. The number of hydrogen-bond acceptors (Lipinski definition) is 3. The zero-order valence-electron chi connectivity index (χ0n) is 12.6.